The predicted octanol–water partition coefficient (Wildman–Crippen LogP) is 3.10. The topological polar surface area (TPSA) is 86.8 Å². The molecule has 3 rings (SSSR count). The molecular formula is C22H26FN3O4S. The van der Waals surface area contributed by atoms with Crippen LogP contribution in [0.2, 0.25) is 0 Å². The Balaban J connectivity index is 1.72. The number of carbonyl (C=O) groups excluding carboxylic acids is 2. The van der Waals surface area contributed by atoms with Crippen LogP contribution >= 0.6 is 0 Å². The highest BCUT2D eigenvalue weighted by molar-refractivity contribution is 7.89. The molecule has 7 nitrogen and oxygen atoms in total. The summed E-state index contributed by atoms with van der Waals surface area (Å²) in [5.74, 6) is -1.06. The molecule has 2 aromatic carbocycles. The number of rotatable bonds is 7. The van der Waals surface area contributed by atoms with Crippen LogP contribution in [0.1, 0.15) is 37.0 Å². The van der Waals surface area contributed by atoms with E-state index in [1.54, 1.807) is 29.2 Å². The quantitative estimate of drug-likeness (QED) is 0.707. The molecule has 0 bridgehead atoms. The van der Waals surface area contributed by atoms with E-state index in [0.717, 1.165) is 16.4 Å². The number of hydrogen-bond acceptors (Lipinski definition) is 4. The predicted molar refractivity (Wildman–Crippen MR) is 116 cm³/mol. The zero-order valence-electron chi connectivity index (χ0n) is 17.5. The summed E-state index contributed by atoms with van der Waals surface area (Å²) in [6.45, 7) is 5.24. The van der Waals surface area contributed by atoms with Crippen molar-refractivity contribution in [2.24, 2.45) is 0 Å². The molecule has 1 aliphatic rings. The Morgan fingerprint density at radius 1 is 1.06 bits per heavy atom. The molecule has 2 aromatic rings. The van der Waals surface area contributed by atoms with Gasteiger partial charge in [-0.3, -0.25) is 9.59 Å². The lowest BCUT2D eigenvalue weighted by atomic mass is 10.1. The number of anilines is 1. The van der Waals surface area contributed by atoms with Gasteiger partial charge in [0.15, 0.2) is 0 Å². The fraction of sp³-hybridized carbons (Fsp3) is 0.364. The first-order valence-electron chi connectivity index (χ1n) is 10.3. The molecule has 9 heteroatoms. The van der Waals surface area contributed by atoms with Crippen LogP contribution in [0.5, 0.6) is 0 Å². The van der Waals surface area contributed by atoms with Gasteiger partial charge in [0.25, 0.3) is 5.91 Å². The van der Waals surface area contributed by atoms with Crippen molar-refractivity contribution in [1.29, 1.82) is 0 Å². The standard InChI is InChI=1S/C22H26FN3O4S/c1-3-25(4-2)22(28)16-7-11-18(12-8-16)24-21(27)20-6-5-15-26(20)31(29,30)19-13-9-17(23)10-14-19/h7-14,20H,3-6,15H2,1-2H3,(H,24,27)/t20-/m1/s1. The van der Waals surface area contributed by atoms with Crippen LogP contribution in [-0.2, 0) is 14.8 Å². The molecule has 0 saturated carbocycles. The molecule has 0 radical (unpaired) electrons. The number of benzene rings is 2. The van der Waals surface area contributed by atoms with Crippen molar-refractivity contribution in [2.75, 3.05) is 25.0 Å². The monoisotopic (exact) mass is 447 g/mol. The lowest BCUT2D eigenvalue weighted by molar-refractivity contribution is -0.119. The number of nitrogens with one attached hydrogen (secondary N) is 1. The summed E-state index contributed by atoms with van der Waals surface area (Å²) in [7, 11) is -3.92. The molecule has 31 heavy (non-hydrogen) atoms. The van der Waals surface area contributed by atoms with Crippen LogP contribution in [-0.4, -0.2) is 55.1 Å². The van der Waals surface area contributed by atoms with E-state index in [0.29, 0.717) is 37.2 Å². The van der Waals surface area contributed by atoms with Gasteiger partial charge in [-0.2, -0.15) is 4.31 Å². The molecule has 0 spiro atoms. The summed E-state index contributed by atoms with van der Waals surface area (Å²) in [5, 5.41) is 2.74. The minimum absolute atomic E-state index is 0.0483. The summed E-state index contributed by atoms with van der Waals surface area (Å²) in [6.07, 6.45) is 0.945. The van der Waals surface area contributed by atoms with Crippen molar-refractivity contribution in [3.05, 3.63) is 59.9 Å². The van der Waals surface area contributed by atoms with Crippen molar-refractivity contribution >= 4 is 27.5 Å². The summed E-state index contributed by atoms with van der Waals surface area (Å²) in [5.41, 5.74) is 0.996. The Kier molecular flexibility index (Phi) is 7.07. The second-order valence-corrected chi connectivity index (χ2v) is 9.16. The summed E-state index contributed by atoms with van der Waals surface area (Å²) in [6, 6.07) is 10.2. The minimum Gasteiger partial charge on any atom is -0.339 e. The van der Waals surface area contributed by atoms with Crippen LogP contribution in [0.25, 0.3) is 0 Å². The highest BCUT2D eigenvalue weighted by Crippen LogP contribution is 2.27. The first kappa shape index (κ1) is 22.9. The van der Waals surface area contributed by atoms with Gasteiger partial charge < -0.3 is 10.2 Å². The molecule has 0 aromatic heterocycles. The molecule has 1 N–H and O–H groups in total. The molecular weight excluding hydrogens is 421 g/mol. The smallest absolute Gasteiger partial charge is 0.253 e. The molecule has 1 saturated heterocycles. The van der Waals surface area contributed by atoms with E-state index in [-0.39, 0.29) is 17.3 Å². The number of sulfonamides is 1. The molecule has 1 aliphatic heterocycles. The maximum absolute atomic E-state index is 13.2. The van der Waals surface area contributed by atoms with E-state index in [2.05, 4.69) is 5.32 Å². The highest BCUT2D eigenvalue weighted by Gasteiger charge is 2.39. The van der Waals surface area contributed by atoms with Crippen molar-refractivity contribution in [1.82, 2.24) is 9.21 Å². The number of carbonyl (C=O) groups is 2. The lowest BCUT2D eigenvalue weighted by Crippen LogP contribution is -2.43. The van der Waals surface area contributed by atoms with Gasteiger partial charge in [-0.05, 0) is 75.2 Å². The molecule has 0 aliphatic carbocycles. The first-order valence-corrected chi connectivity index (χ1v) is 11.7. The lowest BCUT2D eigenvalue weighted by Gasteiger charge is -2.23. The normalized spacial score (nSPS) is 16.8. The van der Waals surface area contributed by atoms with Crippen molar-refractivity contribution in [3.8, 4) is 0 Å². The average molecular weight is 448 g/mol. The Labute approximate surface area is 181 Å². The number of nitrogens with zero attached hydrogens (tertiary/aromatic N) is 2. The fourth-order valence-corrected chi connectivity index (χ4v) is 5.30. The van der Waals surface area contributed by atoms with Gasteiger partial charge in [-0.15, -0.1) is 0 Å². The summed E-state index contributed by atoms with van der Waals surface area (Å²) in [4.78, 5) is 26.9. The fourth-order valence-electron chi connectivity index (χ4n) is 3.65. The van der Waals surface area contributed by atoms with Crippen LogP contribution < -0.4 is 5.32 Å². The summed E-state index contributed by atoms with van der Waals surface area (Å²) < 4.78 is 40.2. The maximum Gasteiger partial charge on any atom is 0.253 e. The minimum atomic E-state index is -3.92. The Morgan fingerprint density at radius 3 is 2.26 bits per heavy atom. The van der Waals surface area contributed by atoms with Gasteiger partial charge >= 0.3 is 0 Å². The van der Waals surface area contributed by atoms with Crippen LogP contribution in [0.4, 0.5) is 10.1 Å². The molecule has 0 unspecified atom stereocenters. The highest BCUT2D eigenvalue weighted by atomic mass is 32.2. The third-order valence-electron chi connectivity index (χ3n) is 5.38. The number of halogens is 1. The van der Waals surface area contributed by atoms with Gasteiger partial charge in [-0.1, -0.05) is 0 Å². The van der Waals surface area contributed by atoms with Gasteiger partial charge in [0, 0.05) is 30.9 Å². The SMILES string of the molecule is CCN(CC)C(=O)c1ccc(NC(=O)[C@H]2CCCN2S(=O)(=O)c2ccc(F)cc2)cc1. The van der Waals surface area contributed by atoms with Crippen molar-refractivity contribution < 1.29 is 22.4 Å². The van der Waals surface area contributed by atoms with Crippen LogP contribution in [0.3, 0.4) is 0 Å². The van der Waals surface area contributed by atoms with E-state index in [1.807, 2.05) is 13.8 Å². The number of amides is 2. The van der Waals surface area contributed by atoms with Crippen LogP contribution in [0.15, 0.2) is 53.4 Å². The van der Waals surface area contributed by atoms with E-state index >= 15 is 0 Å². The molecule has 1 heterocycles. The van der Waals surface area contributed by atoms with Gasteiger partial charge in [0.05, 0.1) is 4.90 Å². The maximum atomic E-state index is 13.2. The van der Waals surface area contributed by atoms with Crippen molar-refractivity contribution in [3.63, 3.8) is 0 Å². The Hall–Kier alpha value is -2.78. The first-order chi connectivity index (χ1) is 14.8. The van der Waals surface area contributed by atoms with Crippen LogP contribution in [0, 0.1) is 5.82 Å². The second-order valence-electron chi connectivity index (χ2n) is 7.27. The Morgan fingerprint density at radius 2 is 1.68 bits per heavy atom. The Bertz CT molecular complexity index is 1040. The van der Waals surface area contributed by atoms with E-state index in [4.69, 9.17) is 0 Å². The van der Waals surface area contributed by atoms with E-state index in [9.17, 15) is 22.4 Å². The molecule has 1 atom stereocenters. The summed E-state index contributed by atoms with van der Waals surface area (Å²) >= 11 is 0. The third-order valence-corrected chi connectivity index (χ3v) is 7.30. The third kappa shape index (κ3) is 4.94. The van der Waals surface area contributed by atoms with Gasteiger partial charge in [0.1, 0.15) is 11.9 Å². The molecule has 1 fully saturated rings. The van der Waals surface area contributed by atoms with E-state index in [1.165, 1.54) is 12.1 Å². The van der Waals surface area contributed by atoms with E-state index < -0.39 is 27.8 Å². The zero-order chi connectivity index (χ0) is 22.6. The number of hydrogen-bond donors (Lipinski definition) is 1. The largest absolute Gasteiger partial charge is 0.339 e. The molecule has 166 valence electrons. The average Bonchev–Trinajstić information content (AvgIpc) is 3.26. The second kappa shape index (κ2) is 9.57. The van der Waals surface area contributed by atoms with Gasteiger partial charge in [-0.25, -0.2) is 12.8 Å². The molecule has 2 amide bonds. The van der Waals surface area contributed by atoms with Crippen molar-refractivity contribution in [2.45, 2.75) is 37.6 Å². The zero-order valence-corrected chi connectivity index (χ0v) is 18.4. The van der Waals surface area contributed by atoms with Gasteiger partial charge in [0.2, 0.25) is 15.9 Å².